The Morgan fingerprint density at radius 2 is 1.76 bits per heavy atom. The van der Waals surface area contributed by atoms with Crippen LogP contribution in [0.2, 0.25) is 0 Å². The van der Waals surface area contributed by atoms with E-state index < -0.39 is 0 Å². The lowest BCUT2D eigenvalue weighted by atomic mass is 10.1. The van der Waals surface area contributed by atoms with Gasteiger partial charge >= 0.3 is 0 Å². The molecule has 0 aliphatic heterocycles. The number of nitrogens with zero attached hydrogens (tertiary/aromatic N) is 1. The fourth-order valence-corrected chi connectivity index (χ4v) is 4.59. The van der Waals surface area contributed by atoms with Crippen molar-refractivity contribution in [3.05, 3.63) is 71.6 Å². The first-order valence-electron chi connectivity index (χ1n) is 8.32. The standard InChI is InChI=1S/C20H18N2OS2/c23-19(21-16-11-12-16)18(15-9-5-2-6-10-15)25-20-22-17(13-24-20)14-7-3-1-4-8-14/h1-10,13,16,18H,11-12H2,(H,21,23)/t18-/m1/s1. The topological polar surface area (TPSA) is 42.0 Å². The summed E-state index contributed by atoms with van der Waals surface area (Å²) in [4.78, 5) is 17.4. The molecule has 1 aromatic heterocycles. The highest BCUT2D eigenvalue weighted by molar-refractivity contribution is 8.01. The van der Waals surface area contributed by atoms with Crippen LogP contribution in [0.5, 0.6) is 0 Å². The van der Waals surface area contributed by atoms with Crippen LogP contribution < -0.4 is 5.32 Å². The van der Waals surface area contributed by atoms with Crippen LogP contribution in [0.3, 0.4) is 0 Å². The Bertz CT molecular complexity index is 844. The molecule has 1 heterocycles. The summed E-state index contributed by atoms with van der Waals surface area (Å²) in [6, 6.07) is 20.4. The van der Waals surface area contributed by atoms with E-state index in [-0.39, 0.29) is 11.2 Å². The molecular formula is C20H18N2OS2. The van der Waals surface area contributed by atoms with Gasteiger partial charge in [-0.2, -0.15) is 0 Å². The van der Waals surface area contributed by atoms with Crippen molar-refractivity contribution < 1.29 is 4.79 Å². The van der Waals surface area contributed by atoms with Gasteiger partial charge in [0, 0.05) is 17.0 Å². The van der Waals surface area contributed by atoms with E-state index in [1.54, 1.807) is 11.3 Å². The van der Waals surface area contributed by atoms with Crippen LogP contribution in [0.25, 0.3) is 11.3 Å². The Kier molecular flexibility index (Phi) is 4.85. The van der Waals surface area contributed by atoms with Crippen LogP contribution in [-0.4, -0.2) is 16.9 Å². The van der Waals surface area contributed by atoms with Crippen molar-refractivity contribution in [3.63, 3.8) is 0 Å². The molecule has 25 heavy (non-hydrogen) atoms. The molecule has 4 rings (SSSR count). The fourth-order valence-electron chi connectivity index (χ4n) is 2.56. The first-order valence-corrected chi connectivity index (χ1v) is 10.1. The van der Waals surface area contributed by atoms with Gasteiger partial charge in [0.25, 0.3) is 0 Å². The minimum atomic E-state index is -0.267. The number of hydrogen-bond donors (Lipinski definition) is 1. The van der Waals surface area contributed by atoms with Gasteiger partial charge in [0.1, 0.15) is 5.25 Å². The number of benzene rings is 2. The Hall–Kier alpha value is -2.11. The SMILES string of the molecule is O=C(NC1CC1)[C@H](Sc1nc(-c2ccccc2)cs1)c1ccccc1. The number of nitrogens with one attached hydrogen (secondary N) is 1. The number of rotatable bonds is 6. The fraction of sp³-hybridized carbons (Fsp3) is 0.200. The van der Waals surface area contributed by atoms with E-state index in [1.165, 1.54) is 11.8 Å². The molecule has 2 aromatic carbocycles. The summed E-state index contributed by atoms with van der Waals surface area (Å²) in [6.07, 6.45) is 2.18. The van der Waals surface area contributed by atoms with E-state index >= 15 is 0 Å². The Morgan fingerprint density at radius 1 is 1.08 bits per heavy atom. The number of thiazole rings is 1. The Morgan fingerprint density at radius 3 is 2.44 bits per heavy atom. The van der Waals surface area contributed by atoms with Crippen molar-refractivity contribution in [3.8, 4) is 11.3 Å². The smallest absolute Gasteiger partial charge is 0.238 e. The zero-order chi connectivity index (χ0) is 17.1. The number of hydrogen-bond acceptors (Lipinski definition) is 4. The van der Waals surface area contributed by atoms with Gasteiger partial charge in [-0.15, -0.1) is 11.3 Å². The summed E-state index contributed by atoms with van der Waals surface area (Å²) in [5, 5.41) is 4.92. The second-order valence-corrected chi connectivity index (χ2v) is 8.27. The van der Waals surface area contributed by atoms with E-state index in [0.29, 0.717) is 6.04 Å². The van der Waals surface area contributed by atoms with Crippen molar-refractivity contribution in [2.24, 2.45) is 0 Å². The third kappa shape index (κ3) is 4.11. The average molecular weight is 367 g/mol. The van der Waals surface area contributed by atoms with Gasteiger partial charge in [-0.05, 0) is 18.4 Å². The average Bonchev–Trinajstić information content (AvgIpc) is 3.35. The molecule has 0 spiro atoms. The summed E-state index contributed by atoms with van der Waals surface area (Å²) in [5.74, 6) is 0.0789. The lowest BCUT2D eigenvalue weighted by Crippen LogP contribution is -2.29. The van der Waals surface area contributed by atoms with Crippen molar-refractivity contribution in [1.29, 1.82) is 0 Å². The van der Waals surface area contributed by atoms with Crippen LogP contribution in [0.15, 0.2) is 70.4 Å². The molecule has 1 fully saturated rings. The molecule has 0 saturated heterocycles. The highest BCUT2D eigenvalue weighted by Gasteiger charge is 2.29. The molecule has 126 valence electrons. The molecule has 1 amide bonds. The van der Waals surface area contributed by atoms with Gasteiger partial charge in [-0.3, -0.25) is 4.79 Å². The lowest BCUT2D eigenvalue weighted by molar-refractivity contribution is -0.120. The summed E-state index contributed by atoms with van der Waals surface area (Å²) in [7, 11) is 0. The van der Waals surface area contributed by atoms with Crippen molar-refractivity contribution >= 4 is 29.0 Å². The van der Waals surface area contributed by atoms with Crippen molar-refractivity contribution in [2.45, 2.75) is 28.5 Å². The summed E-state index contributed by atoms with van der Waals surface area (Å²) in [5.41, 5.74) is 3.08. The monoisotopic (exact) mass is 366 g/mol. The maximum Gasteiger partial charge on any atom is 0.238 e. The van der Waals surface area contributed by atoms with E-state index in [9.17, 15) is 4.79 Å². The van der Waals surface area contributed by atoms with E-state index in [4.69, 9.17) is 4.98 Å². The third-order valence-corrected chi connectivity index (χ3v) is 6.26. The molecule has 3 aromatic rings. The minimum absolute atomic E-state index is 0.0789. The number of thioether (sulfide) groups is 1. The molecule has 1 saturated carbocycles. The molecule has 0 unspecified atom stereocenters. The molecule has 0 radical (unpaired) electrons. The van der Waals surface area contributed by atoms with Crippen LogP contribution in [-0.2, 0) is 4.79 Å². The first-order chi connectivity index (χ1) is 12.3. The van der Waals surface area contributed by atoms with Crippen LogP contribution in [0.4, 0.5) is 0 Å². The predicted molar refractivity (Wildman–Crippen MR) is 104 cm³/mol. The van der Waals surface area contributed by atoms with Crippen LogP contribution in [0.1, 0.15) is 23.7 Å². The number of amides is 1. The molecule has 1 N–H and O–H groups in total. The maximum absolute atomic E-state index is 12.7. The van der Waals surface area contributed by atoms with Gasteiger partial charge in [-0.25, -0.2) is 4.98 Å². The lowest BCUT2D eigenvalue weighted by Gasteiger charge is -2.15. The normalized spacial score (nSPS) is 14.9. The van der Waals surface area contributed by atoms with E-state index in [0.717, 1.165) is 34.0 Å². The van der Waals surface area contributed by atoms with Gasteiger partial charge in [0.15, 0.2) is 4.34 Å². The Balaban J connectivity index is 1.56. The second kappa shape index (κ2) is 7.42. The van der Waals surface area contributed by atoms with Gasteiger partial charge < -0.3 is 5.32 Å². The third-order valence-electron chi connectivity index (χ3n) is 4.04. The highest BCUT2D eigenvalue weighted by Crippen LogP contribution is 2.39. The number of carbonyl (C=O) groups is 1. The second-order valence-electron chi connectivity index (χ2n) is 6.06. The first kappa shape index (κ1) is 16.4. The highest BCUT2D eigenvalue weighted by atomic mass is 32.2. The molecule has 0 bridgehead atoms. The molecule has 3 nitrogen and oxygen atoms in total. The van der Waals surface area contributed by atoms with E-state index in [2.05, 4.69) is 22.8 Å². The summed E-state index contributed by atoms with van der Waals surface area (Å²) in [6.45, 7) is 0. The Labute approximate surface area is 155 Å². The maximum atomic E-state index is 12.7. The molecule has 1 aliphatic rings. The molecule has 5 heteroatoms. The zero-order valence-electron chi connectivity index (χ0n) is 13.6. The number of carbonyl (C=O) groups excluding carboxylic acids is 1. The van der Waals surface area contributed by atoms with Gasteiger partial charge in [-0.1, -0.05) is 72.4 Å². The van der Waals surface area contributed by atoms with Crippen molar-refractivity contribution in [2.75, 3.05) is 0 Å². The number of aromatic nitrogens is 1. The van der Waals surface area contributed by atoms with Crippen LogP contribution >= 0.6 is 23.1 Å². The molecule has 1 atom stereocenters. The van der Waals surface area contributed by atoms with Crippen molar-refractivity contribution in [1.82, 2.24) is 10.3 Å². The van der Waals surface area contributed by atoms with Crippen LogP contribution in [0, 0.1) is 0 Å². The summed E-state index contributed by atoms with van der Waals surface area (Å²) >= 11 is 3.12. The largest absolute Gasteiger partial charge is 0.352 e. The quantitative estimate of drug-likeness (QED) is 0.630. The van der Waals surface area contributed by atoms with E-state index in [1.807, 2.05) is 48.5 Å². The van der Waals surface area contributed by atoms with Gasteiger partial charge in [0.2, 0.25) is 5.91 Å². The zero-order valence-corrected chi connectivity index (χ0v) is 15.2. The molecule has 1 aliphatic carbocycles. The summed E-state index contributed by atoms with van der Waals surface area (Å²) < 4.78 is 0.915. The predicted octanol–water partition coefficient (Wildman–Crippen LogP) is 4.92. The molecular weight excluding hydrogens is 348 g/mol. The van der Waals surface area contributed by atoms with Gasteiger partial charge in [0.05, 0.1) is 5.69 Å². The minimum Gasteiger partial charge on any atom is -0.352 e.